The maximum absolute atomic E-state index is 9.82. The van der Waals surface area contributed by atoms with Gasteiger partial charge in [0.1, 0.15) is 0 Å². The molecule has 2 heteroatoms. The van der Waals surface area contributed by atoms with Gasteiger partial charge in [-0.05, 0) is 12.5 Å². The summed E-state index contributed by atoms with van der Waals surface area (Å²) in [5.74, 6) is 3.29. The molecule has 0 aliphatic heterocycles. The molecule has 0 aliphatic carbocycles. The Morgan fingerprint density at radius 1 is 1.70 bits per heavy atom. The summed E-state index contributed by atoms with van der Waals surface area (Å²) >= 11 is 0. The summed E-state index contributed by atoms with van der Waals surface area (Å²) in [5, 5.41) is 8.06. The number of rotatable bonds is 2. The van der Waals surface area contributed by atoms with E-state index < -0.39 is 5.97 Å². The van der Waals surface area contributed by atoms with E-state index in [1.54, 1.807) is 6.08 Å². The Morgan fingerprint density at radius 2 is 2.40 bits per heavy atom. The first-order valence-corrected chi connectivity index (χ1v) is 3.17. The van der Waals surface area contributed by atoms with Crippen LogP contribution >= 0.6 is 0 Å². The number of hydrogen-bond acceptors (Lipinski definition) is 1. The van der Waals surface area contributed by atoms with E-state index in [1.165, 1.54) is 0 Å². The van der Waals surface area contributed by atoms with Gasteiger partial charge in [0.2, 0.25) is 0 Å². The fourth-order valence-corrected chi connectivity index (χ4v) is 0.412. The Balaban J connectivity index is 3.54. The molecule has 0 fully saturated rings. The molecule has 0 aromatic rings. The Kier molecular flexibility index (Phi) is 5.17. The monoisotopic (exact) mass is 138 g/mol. The normalized spacial score (nSPS) is 8.90. The summed E-state index contributed by atoms with van der Waals surface area (Å²) in [6, 6.07) is 0. The van der Waals surface area contributed by atoms with Crippen LogP contribution in [0.2, 0.25) is 0 Å². The van der Waals surface area contributed by atoms with Crippen LogP contribution < -0.4 is 0 Å². The predicted molar refractivity (Wildman–Crippen MR) is 39.5 cm³/mol. The van der Waals surface area contributed by atoms with Crippen molar-refractivity contribution in [3.8, 4) is 11.8 Å². The van der Waals surface area contributed by atoms with E-state index >= 15 is 0 Å². The molecule has 0 aromatic heterocycles. The van der Waals surface area contributed by atoms with E-state index in [-0.39, 0.29) is 0 Å². The topological polar surface area (TPSA) is 37.3 Å². The lowest BCUT2D eigenvalue weighted by Crippen LogP contribution is -1.85. The van der Waals surface area contributed by atoms with Crippen molar-refractivity contribution in [1.29, 1.82) is 0 Å². The highest BCUT2D eigenvalue weighted by molar-refractivity contribution is 5.86. The largest absolute Gasteiger partial charge is 0.472 e. The van der Waals surface area contributed by atoms with Gasteiger partial charge < -0.3 is 5.11 Å². The summed E-state index contributed by atoms with van der Waals surface area (Å²) in [6.07, 6.45) is 5.44. The third-order valence-electron chi connectivity index (χ3n) is 0.836. The van der Waals surface area contributed by atoms with E-state index in [2.05, 4.69) is 12.8 Å². The van der Waals surface area contributed by atoms with Crippen molar-refractivity contribution >= 4 is 5.97 Å². The van der Waals surface area contributed by atoms with Gasteiger partial charge in [0.15, 0.2) is 0 Å². The second-order valence-corrected chi connectivity index (χ2v) is 1.77. The van der Waals surface area contributed by atoms with Crippen LogP contribution in [0.5, 0.6) is 0 Å². The van der Waals surface area contributed by atoms with E-state index in [0.29, 0.717) is 0 Å². The maximum atomic E-state index is 9.82. The summed E-state index contributed by atoms with van der Waals surface area (Å²) in [7, 11) is 0. The number of hydrogen-bond donors (Lipinski definition) is 1. The quantitative estimate of drug-likeness (QED) is 0.586. The summed E-state index contributed by atoms with van der Waals surface area (Å²) < 4.78 is 0. The summed E-state index contributed by atoms with van der Waals surface area (Å²) in [5.41, 5.74) is 0. The second kappa shape index (κ2) is 5.90. The van der Waals surface area contributed by atoms with Gasteiger partial charge in [0.25, 0.3) is 0 Å². The fraction of sp³-hybridized carbons (Fsp3) is 0.375. The molecule has 0 spiro atoms. The molecule has 54 valence electrons. The Bertz CT molecular complexity index is 181. The van der Waals surface area contributed by atoms with Crippen LogP contribution in [0.4, 0.5) is 0 Å². The minimum Gasteiger partial charge on any atom is -0.472 e. The number of carbonyl (C=O) groups is 1. The Labute approximate surface area is 60.6 Å². The maximum Gasteiger partial charge on any atom is 0.382 e. The predicted octanol–water partition coefficient (Wildman–Crippen LogP) is 1.43. The molecule has 0 aromatic carbocycles. The van der Waals surface area contributed by atoms with Crippen molar-refractivity contribution in [2.75, 3.05) is 0 Å². The van der Waals surface area contributed by atoms with E-state index in [9.17, 15) is 4.79 Å². The van der Waals surface area contributed by atoms with Gasteiger partial charge in [0, 0.05) is 5.92 Å². The molecule has 0 amide bonds. The minimum absolute atomic E-state index is 0.953. The molecule has 0 radical (unpaired) electrons. The zero-order valence-electron chi connectivity index (χ0n) is 5.92. The van der Waals surface area contributed by atoms with Gasteiger partial charge >= 0.3 is 5.97 Å². The lowest BCUT2D eigenvalue weighted by atomic mass is 10.3. The average molecular weight is 138 g/mol. The van der Waals surface area contributed by atoms with Gasteiger partial charge in [-0.25, -0.2) is 4.79 Å². The van der Waals surface area contributed by atoms with Gasteiger partial charge in [-0.3, -0.25) is 0 Å². The third-order valence-corrected chi connectivity index (χ3v) is 0.836. The van der Waals surface area contributed by atoms with Crippen LogP contribution in [-0.2, 0) is 4.79 Å². The first-order chi connectivity index (χ1) is 4.77. The Morgan fingerprint density at radius 3 is 2.90 bits per heavy atom. The summed E-state index contributed by atoms with van der Waals surface area (Å²) in [6.45, 7) is 2.05. The Hall–Kier alpha value is -1.23. The van der Waals surface area contributed by atoms with Crippen LogP contribution in [0.25, 0.3) is 0 Å². The van der Waals surface area contributed by atoms with Crippen molar-refractivity contribution < 1.29 is 9.90 Å². The molecule has 0 unspecified atom stereocenters. The molecule has 0 atom stereocenters. The molecule has 0 saturated heterocycles. The molecular weight excluding hydrogens is 128 g/mol. The zero-order valence-corrected chi connectivity index (χ0v) is 5.92. The number of allylic oxidation sites excluding steroid dienone is 2. The molecule has 0 bridgehead atoms. The zero-order chi connectivity index (χ0) is 7.82. The number of aliphatic carboxylic acids is 1. The molecule has 0 heterocycles. The molecular formula is C8H10O2. The number of unbranched alkanes of at least 4 members (excludes halogenated alkanes) is 1. The van der Waals surface area contributed by atoms with Gasteiger partial charge in [0.05, 0.1) is 0 Å². The van der Waals surface area contributed by atoms with E-state index in [0.717, 1.165) is 12.8 Å². The van der Waals surface area contributed by atoms with Crippen LogP contribution in [0.1, 0.15) is 19.8 Å². The van der Waals surface area contributed by atoms with Gasteiger partial charge in [-0.15, -0.1) is 0 Å². The molecule has 0 aliphatic rings. The van der Waals surface area contributed by atoms with E-state index in [4.69, 9.17) is 5.11 Å². The lowest BCUT2D eigenvalue weighted by Gasteiger charge is -1.77. The highest BCUT2D eigenvalue weighted by Gasteiger charge is 1.78. The first-order valence-electron chi connectivity index (χ1n) is 3.17. The SMILES string of the molecule is CCC/C=C/C#CC(=O)O. The van der Waals surface area contributed by atoms with Crippen LogP contribution in [0.3, 0.4) is 0 Å². The van der Waals surface area contributed by atoms with Gasteiger partial charge in [-0.1, -0.05) is 25.3 Å². The number of carboxylic acids is 1. The van der Waals surface area contributed by atoms with Crippen molar-refractivity contribution in [2.24, 2.45) is 0 Å². The lowest BCUT2D eigenvalue weighted by molar-refractivity contribution is -0.130. The molecule has 1 N–H and O–H groups in total. The second-order valence-electron chi connectivity index (χ2n) is 1.77. The smallest absolute Gasteiger partial charge is 0.382 e. The van der Waals surface area contributed by atoms with Crippen molar-refractivity contribution in [2.45, 2.75) is 19.8 Å². The minimum atomic E-state index is -1.08. The van der Waals surface area contributed by atoms with Crippen molar-refractivity contribution in [3.05, 3.63) is 12.2 Å². The highest BCUT2D eigenvalue weighted by Crippen LogP contribution is 1.86. The molecule has 10 heavy (non-hydrogen) atoms. The molecule has 0 rings (SSSR count). The molecule has 0 saturated carbocycles. The van der Waals surface area contributed by atoms with Crippen LogP contribution in [-0.4, -0.2) is 11.1 Å². The third kappa shape index (κ3) is 6.77. The molecule has 2 nitrogen and oxygen atoms in total. The van der Waals surface area contributed by atoms with E-state index in [1.807, 2.05) is 12.0 Å². The van der Waals surface area contributed by atoms with Crippen molar-refractivity contribution in [3.63, 3.8) is 0 Å². The fourth-order valence-electron chi connectivity index (χ4n) is 0.412. The van der Waals surface area contributed by atoms with Crippen LogP contribution in [0, 0.1) is 11.8 Å². The first kappa shape index (κ1) is 8.77. The average Bonchev–Trinajstić information content (AvgIpc) is 1.87. The standard InChI is InChI=1S/C8H10O2/c1-2-3-4-5-6-7-8(9)10/h4-5H,2-3H2,1H3,(H,9,10)/b5-4+. The van der Waals surface area contributed by atoms with Gasteiger partial charge in [-0.2, -0.15) is 0 Å². The number of carboxylic acid groups (broad SMARTS) is 1. The van der Waals surface area contributed by atoms with Crippen molar-refractivity contribution in [1.82, 2.24) is 0 Å². The van der Waals surface area contributed by atoms with Crippen LogP contribution in [0.15, 0.2) is 12.2 Å². The summed E-state index contributed by atoms with van der Waals surface area (Å²) in [4.78, 5) is 9.82. The highest BCUT2D eigenvalue weighted by atomic mass is 16.4.